The van der Waals surface area contributed by atoms with Crippen LogP contribution in [0.2, 0.25) is 5.02 Å². The van der Waals surface area contributed by atoms with Crippen molar-refractivity contribution in [1.29, 1.82) is 5.26 Å². The summed E-state index contributed by atoms with van der Waals surface area (Å²) in [4.78, 5) is 37.4. The fourth-order valence-electron chi connectivity index (χ4n) is 2.53. The molecule has 0 atom stereocenters. The minimum atomic E-state index is -0.563. The second kappa shape index (κ2) is 9.53. The average molecular weight is 400 g/mol. The van der Waals surface area contributed by atoms with Crippen LogP contribution < -0.4 is 10.2 Å². The van der Waals surface area contributed by atoms with E-state index in [1.807, 2.05) is 6.07 Å². The Morgan fingerprint density at radius 3 is 2.57 bits per heavy atom. The fraction of sp³-hybridized carbons (Fsp3) is 0.200. The molecule has 2 aromatic rings. The predicted molar refractivity (Wildman–Crippen MR) is 105 cm³/mol. The van der Waals surface area contributed by atoms with E-state index in [2.05, 4.69) is 10.1 Å². The highest BCUT2D eigenvalue weighted by Crippen LogP contribution is 2.28. The van der Waals surface area contributed by atoms with E-state index in [4.69, 9.17) is 16.9 Å². The van der Waals surface area contributed by atoms with Crippen molar-refractivity contribution < 1.29 is 19.1 Å². The largest absolute Gasteiger partial charge is 0.465 e. The van der Waals surface area contributed by atoms with E-state index in [1.54, 1.807) is 24.3 Å². The van der Waals surface area contributed by atoms with Gasteiger partial charge in [0.05, 0.1) is 34.6 Å². The van der Waals surface area contributed by atoms with Gasteiger partial charge in [0.1, 0.15) is 6.07 Å². The molecule has 2 amide bonds. The van der Waals surface area contributed by atoms with E-state index in [0.29, 0.717) is 16.9 Å². The number of para-hydroxylation sites is 1. The summed E-state index contributed by atoms with van der Waals surface area (Å²) in [7, 11) is 1.25. The first-order valence-corrected chi connectivity index (χ1v) is 8.70. The van der Waals surface area contributed by atoms with Gasteiger partial charge >= 0.3 is 5.97 Å². The summed E-state index contributed by atoms with van der Waals surface area (Å²) in [5.74, 6) is -1.27. The number of nitrogens with zero attached hydrogens (tertiary/aromatic N) is 2. The van der Waals surface area contributed by atoms with Crippen molar-refractivity contribution in [2.75, 3.05) is 23.9 Å². The number of carbonyl (C=O) groups excluding carboxylic acids is 3. The van der Waals surface area contributed by atoms with Gasteiger partial charge in [-0.15, -0.1) is 0 Å². The molecule has 0 aliphatic carbocycles. The highest BCUT2D eigenvalue weighted by atomic mass is 35.5. The molecule has 2 aromatic carbocycles. The molecule has 0 heterocycles. The minimum Gasteiger partial charge on any atom is -0.465 e. The minimum absolute atomic E-state index is 0.0296. The van der Waals surface area contributed by atoms with Crippen LogP contribution in [0, 0.1) is 11.3 Å². The summed E-state index contributed by atoms with van der Waals surface area (Å²) in [5, 5.41) is 12.0. The number of esters is 1. The van der Waals surface area contributed by atoms with Crippen LogP contribution in [0.5, 0.6) is 0 Å². The molecule has 0 saturated heterocycles. The fourth-order valence-corrected chi connectivity index (χ4v) is 2.75. The quantitative estimate of drug-likeness (QED) is 0.750. The van der Waals surface area contributed by atoms with E-state index in [0.717, 1.165) is 0 Å². The van der Waals surface area contributed by atoms with Gasteiger partial charge in [-0.2, -0.15) is 5.26 Å². The topological polar surface area (TPSA) is 99.5 Å². The van der Waals surface area contributed by atoms with Crippen LogP contribution >= 0.6 is 11.6 Å². The van der Waals surface area contributed by atoms with E-state index >= 15 is 0 Å². The second-order valence-corrected chi connectivity index (χ2v) is 6.19. The standard InChI is InChI=1S/C20H18ClN3O4/c1-13(25)24(18-11-14(20(27)28-2)7-8-16(18)21)10-9-19(26)23-17-6-4-3-5-15(17)12-22/h3-8,11H,9-10H2,1-2H3,(H,23,26). The van der Waals surface area contributed by atoms with Crippen molar-refractivity contribution in [3.05, 3.63) is 58.6 Å². The summed E-state index contributed by atoms with van der Waals surface area (Å²) in [6.07, 6.45) is -0.0296. The SMILES string of the molecule is COC(=O)c1ccc(Cl)c(N(CCC(=O)Nc2ccccc2C#N)C(C)=O)c1. The Balaban J connectivity index is 2.16. The number of benzene rings is 2. The number of hydrogen-bond donors (Lipinski definition) is 1. The normalized spacial score (nSPS) is 9.93. The first kappa shape index (κ1) is 20.9. The van der Waals surface area contributed by atoms with Gasteiger partial charge in [0.2, 0.25) is 11.8 Å². The molecule has 0 fully saturated rings. The first-order valence-electron chi connectivity index (χ1n) is 8.32. The second-order valence-electron chi connectivity index (χ2n) is 5.78. The molecule has 1 N–H and O–H groups in total. The summed E-state index contributed by atoms with van der Waals surface area (Å²) >= 11 is 6.18. The van der Waals surface area contributed by atoms with Crippen molar-refractivity contribution in [3.63, 3.8) is 0 Å². The van der Waals surface area contributed by atoms with E-state index in [1.165, 1.54) is 37.1 Å². The number of methoxy groups -OCH3 is 1. The molecular formula is C20H18ClN3O4. The molecule has 0 aliphatic rings. The third-order valence-electron chi connectivity index (χ3n) is 3.92. The Hall–Kier alpha value is -3.37. The first-order chi connectivity index (χ1) is 13.4. The van der Waals surface area contributed by atoms with E-state index in [9.17, 15) is 14.4 Å². The summed E-state index contributed by atoms with van der Waals surface area (Å²) in [6.45, 7) is 1.38. The van der Waals surface area contributed by atoms with Gasteiger partial charge in [0.25, 0.3) is 0 Å². The zero-order valence-electron chi connectivity index (χ0n) is 15.4. The molecular weight excluding hydrogens is 382 g/mol. The molecule has 0 spiro atoms. The number of carbonyl (C=O) groups is 3. The van der Waals surface area contributed by atoms with E-state index < -0.39 is 5.97 Å². The third kappa shape index (κ3) is 5.09. The van der Waals surface area contributed by atoms with E-state index in [-0.39, 0.29) is 35.4 Å². The number of ether oxygens (including phenoxy) is 1. The lowest BCUT2D eigenvalue weighted by Crippen LogP contribution is -2.32. The van der Waals surface area contributed by atoms with Crippen LogP contribution in [-0.4, -0.2) is 31.4 Å². The monoisotopic (exact) mass is 399 g/mol. The van der Waals surface area contributed by atoms with Crippen LogP contribution in [-0.2, 0) is 14.3 Å². The molecule has 7 nitrogen and oxygen atoms in total. The van der Waals surface area contributed by atoms with Gasteiger partial charge in [-0.1, -0.05) is 23.7 Å². The molecule has 28 heavy (non-hydrogen) atoms. The molecule has 8 heteroatoms. The molecule has 0 radical (unpaired) electrons. The van der Waals surface area contributed by atoms with Crippen molar-refractivity contribution >= 4 is 40.8 Å². The number of halogens is 1. The Morgan fingerprint density at radius 2 is 1.93 bits per heavy atom. The summed E-state index contributed by atoms with van der Waals surface area (Å²) < 4.78 is 4.68. The maximum atomic E-state index is 12.3. The van der Waals surface area contributed by atoms with Crippen molar-refractivity contribution in [1.82, 2.24) is 0 Å². The van der Waals surface area contributed by atoms with Crippen LogP contribution in [0.15, 0.2) is 42.5 Å². The van der Waals surface area contributed by atoms with Crippen LogP contribution in [0.25, 0.3) is 0 Å². The lowest BCUT2D eigenvalue weighted by molar-refractivity contribution is -0.117. The summed E-state index contributed by atoms with van der Waals surface area (Å²) in [5.41, 5.74) is 1.28. The Kier molecular flexibility index (Phi) is 7.13. The zero-order chi connectivity index (χ0) is 20.7. The molecule has 0 saturated carbocycles. The highest BCUT2D eigenvalue weighted by Gasteiger charge is 2.19. The van der Waals surface area contributed by atoms with Gasteiger partial charge < -0.3 is 15.0 Å². The zero-order valence-corrected chi connectivity index (χ0v) is 16.1. The molecule has 0 unspecified atom stereocenters. The molecule has 2 rings (SSSR count). The number of rotatable bonds is 6. The maximum Gasteiger partial charge on any atom is 0.337 e. The number of amides is 2. The van der Waals surface area contributed by atoms with Gasteiger partial charge in [-0.3, -0.25) is 9.59 Å². The van der Waals surface area contributed by atoms with Crippen LogP contribution in [0.4, 0.5) is 11.4 Å². The predicted octanol–water partition coefficient (Wildman–Crippen LogP) is 3.38. The van der Waals surface area contributed by atoms with Gasteiger partial charge in [0.15, 0.2) is 0 Å². The average Bonchev–Trinajstić information content (AvgIpc) is 2.68. The van der Waals surface area contributed by atoms with Crippen LogP contribution in [0.1, 0.15) is 29.3 Å². The molecule has 0 bridgehead atoms. The number of nitriles is 1. The van der Waals surface area contributed by atoms with Crippen molar-refractivity contribution in [2.45, 2.75) is 13.3 Å². The number of nitrogens with one attached hydrogen (secondary N) is 1. The molecule has 0 aliphatic heterocycles. The number of hydrogen-bond acceptors (Lipinski definition) is 5. The molecule has 0 aromatic heterocycles. The maximum absolute atomic E-state index is 12.3. The van der Waals surface area contributed by atoms with Crippen molar-refractivity contribution in [2.24, 2.45) is 0 Å². The smallest absolute Gasteiger partial charge is 0.337 e. The Bertz CT molecular complexity index is 953. The van der Waals surface area contributed by atoms with Gasteiger partial charge in [0, 0.05) is 19.9 Å². The van der Waals surface area contributed by atoms with Gasteiger partial charge in [-0.05, 0) is 30.3 Å². The molecule has 144 valence electrons. The lowest BCUT2D eigenvalue weighted by atomic mass is 10.1. The van der Waals surface area contributed by atoms with Crippen LogP contribution in [0.3, 0.4) is 0 Å². The number of anilines is 2. The third-order valence-corrected chi connectivity index (χ3v) is 4.24. The Labute approximate surface area is 167 Å². The lowest BCUT2D eigenvalue weighted by Gasteiger charge is -2.22. The Morgan fingerprint density at radius 1 is 1.21 bits per heavy atom. The summed E-state index contributed by atoms with van der Waals surface area (Å²) in [6, 6.07) is 13.0. The highest BCUT2D eigenvalue weighted by molar-refractivity contribution is 6.34. The van der Waals surface area contributed by atoms with Crippen molar-refractivity contribution in [3.8, 4) is 6.07 Å². The van der Waals surface area contributed by atoms with Gasteiger partial charge in [-0.25, -0.2) is 4.79 Å².